The lowest BCUT2D eigenvalue weighted by molar-refractivity contribution is -0.153. The average molecular weight is 927 g/mol. The SMILES string of the molecule is CC(C)CCCC(C)[C@H]1CC[C@H]2[C@@H]3CC=C4C[C@@H](OC(=O)CCC(=O)N(CCCCNCCC(C)(C)NC(=O)OC(C)(C)C)CCC(C)(C)NC(=O)OC(C)(C)C)CC[C@]4(C)[C@H]3CC[C@]12C. The summed E-state index contributed by atoms with van der Waals surface area (Å²) in [6.07, 6.45) is 18.0. The molecule has 380 valence electrons. The fourth-order valence-electron chi connectivity index (χ4n) is 12.5. The van der Waals surface area contributed by atoms with Crippen LogP contribution in [0.25, 0.3) is 0 Å². The maximum atomic E-state index is 13.8. The number of ether oxygens (including phenoxy) is 3. The van der Waals surface area contributed by atoms with Gasteiger partial charge in [-0.1, -0.05) is 65.5 Å². The van der Waals surface area contributed by atoms with Crippen molar-refractivity contribution in [3.05, 3.63) is 11.6 Å². The standard InChI is InChI=1S/C55H98N4O7/c1-38(2)19-18-20-39(3)43-23-24-44-42-22-21-40-37-41(27-29-54(40,14)45(42)28-30-55(43,44)15)64-47(61)26-25-46(60)59(36-32-53(12,13)58-49(63)66-51(7,8)9)35-17-16-33-56-34-31-52(10,11)57-48(62)65-50(4,5)6/h21,38-39,41-45,56H,16-20,22-37H2,1-15H3,(H,57,62)(H,58,63)/t39?,41-,42-,43+,44-,45-,54-,55+/m0/s1. The number of allylic oxidation sites excluding steroid dienone is 1. The molecule has 66 heavy (non-hydrogen) atoms. The number of alkyl carbamates (subject to hydrolysis) is 2. The molecule has 3 N–H and O–H groups in total. The molecule has 4 rings (SSSR count). The first kappa shape index (κ1) is 55.8. The molecule has 3 saturated carbocycles. The highest BCUT2D eigenvalue weighted by molar-refractivity contribution is 5.81. The largest absolute Gasteiger partial charge is 0.462 e. The third-order valence-electron chi connectivity index (χ3n) is 16.1. The van der Waals surface area contributed by atoms with Gasteiger partial charge in [-0.15, -0.1) is 0 Å². The predicted octanol–water partition coefficient (Wildman–Crippen LogP) is 12.3. The van der Waals surface area contributed by atoms with Crippen molar-refractivity contribution in [2.24, 2.45) is 46.3 Å². The normalized spacial score (nSPS) is 27.2. The van der Waals surface area contributed by atoms with Crippen LogP contribution >= 0.6 is 0 Å². The quantitative estimate of drug-likeness (QED) is 0.0423. The van der Waals surface area contributed by atoms with Gasteiger partial charge >= 0.3 is 18.2 Å². The van der Waals surface area contributed by atoms with Gasteiger partial charge in [0.2, 0.25) is 5.91 Å². The van der Waals surface area contributed by atoms with Gasteiger partial charge in [-0.3, -0.25) is 9.59 Å². The monoisotopic (exact) mass is 927 g/mol. The zero-order chi connectivity index (χ0) is 49.3. The number of fused-ring (bicyclic) bond motifs is 5. The molecule has 3 amide bonds. The highest BCUT2D eigenvalue weighted by Gasteiger charge is 2.59. The Balaban J connectivity index is 1.28. The summed E-state index contributed by atoms with van der Waals surface area (Å²) in [5, 5.41) is 9.40. The second-order valence-corrected chi connectivity index (χ2v) is 25.5. The van der Waals surface area contributed by atoms with Crippen molar-refractivity contribution in [3.8, 4) is 0 Å². The molecule has 11 nitrogen and oxygen atoms in total. The second kappa shape index (κ2) is 23.2. The fraction of sp³-hybridized carbons (Fsp3) is 0.891. The number of esters is 1. The molecule has 4 aliphatic rings. The zero-order valence-electron chi connectivity index (χ0n) is 44.8. The Kier molecular flexibility index (Phi) is 19.6. The van der Waals surface area contributed by atoms with E-state index in [1.54, 1.807) is 0 Å². The predicted molar refractivity (Wildman–Crippen MR) is 267 cm³/mol. The molecule has 0 heterocycles. The lowest BCUT2D eigenvalue weighted by Crippen LogP contribution is -2.51. The van der Waals surface area contributed by atoms with Crippen LogP contribution in [0.5, 0.6) is 0 Å². The van der Waals surface area contributed by atoms with Crippen molar-refractivity contribution in [1.29, 1.82) is 0 Å². The fourth-order valence-corrected chi connectivity index (χ4v) is 12.5. The number of nitrogens with zero attached hydrogens (tertiary/aromatic N) is 1. The van der Waals surface area contributed by atoms with Crippen LogP contribution in [-0.4, -0.2) is 83.5 Å². The molecule has 0 saturated heterocycles. The van der Waals surface area contributed by atoms with E-state index in [0.717, 1.165) is 81.2 Å². The number of hydrogen-bond acceptors (Lipinski definition) is 8. The number of carbonyl (C=O) groups excluding carboxylic acids is 4. The molecule has 0 aromatic heterocycles. The Morgan fingerprint density at radius 3 is 1.98 bits per heavy atom. The molecule has 0 aromatic rings. The summed E-state index contributed by atoms with van der Waals surface area (Å²) in [5.41, 5.74) is -0.0709. The molecule has 0 bridgehead atoms. The number of rotatable bonds is 22. The molecule has 0 aromatic carbocycles. The summed E-state index contributed by atoms with van der Waals surface area (Å²) in [4.78, 5) is 54.1. The lowest BCUT2D eigenvalue weighted by Gasteiger charge is -2.58. The van der Waals surface area contributed by atoms with E-state index in [-0.39, 0.29) is 36.2 Å². The Morgan fingerprint density at radius 2 is 1.36 bits per heavy atom. The van der Waals surface area contributed by atoms with E-state index in [2.05, 4.69) is 56.6 Å². The number of hydrogen-bond donors (Lipinski definition) is 3. The Hall–Kier alpha value is -2.82. The summed E-state index contributed by atoms with van der Waals surface area (Å²) in [7, 11) is 0. The maximum Gasteiger partial charge on any atom is 0.408 e. The van der Waals surface area contributed by atoms with Crippen molar-refractivity contribution in [1.82, 2.24) is 20.9 Å². The van der Waals surface area contributed by atoms with E-state index < -0.39 is 34.5 Å². The van der Waals surface area contributed by atoms with Crippen LogP contribution in [0, 0.1) is 46.3 Å². The highest BCUT2D eigenvalue weighted by Crippen LogP contribution is 2.67. The Labute approximate surface area is 402 Å². The second-order valence-electron chi connectivity index (χ2n) is 25.5. The van der Waals surface area contributed by atoms with E-state index in [0.29, 0.717) is 30.8 Å². The highest BCUT2D eigenvalue weighted by atomic mass is 16.6. The summed E-state index contributed by atoms with van der Waals surface area (Å²) in [5.74, 6) is 4.38. The van der Waals surface area contributed by atoms with Gasteiger partial charge in [-0.25, -0.2) is 9.59 Å². The van der Waals surface area contributed by atoms with Gasteiger partial charge in [0.05, 0.1) is 6.42 Å². The van der Waals surface area contributed by atoms with Gasteiger partial charge in [0.15, 0.2) is 0 Å². The van der Waals surface area contributed by atoms with Gasteiger partial charge in [-0.05, 0) is 199 Å². The lowest BCUT2D eigenvalue weighted by atomic mass is 9.47. The minimum absolute atomic E-state index is 0.0540. The van der Waals surface area contributed by atoms with E-state index >= 15 is 0 Å². The van der Waals surface area contributed by atoms with Crippen LogP contribution in [-0.2, 0) is 23.8 Å². The van der Waals surface area contributed by atoms with Crippen LogP contribution in [0.4, 0.5) is 9.59 Å². The van der Waals surface area contributed by atoms with Crippen LogP contribution in [0.3, 0.4) is 0 Å². The summed E-state index contributed by atoms with van der Waals surface area (Å²) in [6.45, 7) is 33.8. The van der Waals surface area contributed by atoms with Crippen molar-refractivity contribution in [3.63, 3.8) is 0 Å². The first-order valence-electron chi connectivity index (χ1n) is 26.4. The van der Waals surface area contributed by atoms with Crippen molar-refractivity contribution >= 4 is 24.1 Å². The molecule has 4 aliphatic carbocycles. The molecule has 0 radical (unpaired) electrons. The van der Waals surface area contributed by atoms with E-state index in [1.807, 2.05) is 74.1 Å². The van der Waals surface area contributed by atoms with Crippen LogP contribution in [0.2, 0.25) is 0 Å². The first-order valence-corrected chi connectivity index (χ1v) is 26.4. The smallest absolute Gasteiger partial charge is 0.408 e. The summed E-state index contributed by atoms with van der Waals surface area (Å²) >= 11 is 0. The molecular weight excluding hydrogens is 829 g/mol. The average Bonchev–Trinajstić information content (AvgIpc) is 3.53. The van der Waals surface area contributed by atoms with Gasteiger partial charge in [0, 0.05) is 37.0 Å². The van der Waals surface area contributed by atoms with Crippen molar-refractivity contribution < 1.29 is 33.4 Å². The maximum absolute atomic E-state index is 13.8. The number of carbonyl (C=O) groups is 4. The molecule has 1 unspecified atom stereocenters. The molecule has 11 heteroatoms. The van der Waals surface area contributed by atoms with Gasteiger partial charge < -0.3 is 35.1 Å². The topological polar surface area (TPSA) is 135 Å². The number of unbranched alkanes of at least 4 members (excludes halogenated alkanes) is 1. The third-order valence-corrected chi connectivity index (χ3v) is 16.1. The number of amides is 3. The Morgan fingerprint density at radius 1 is 0.727 bits per heavy atom. The minimum atomic E-state index is -0.619. The summed E-state index contributed by atoms with van der Waals surface area (Å²) < 4.78 is 17.1. The van der Waals surface area contributed by atoms with E-state index in [1.165, 1.54) is 56.9 Å². The van der Waals surface area contributed by atoms with Crippen molar-refractivity contribution in [2.45, 2.75) is 241 Å². The zero-order valence-corrected chi connectivity index (χ0v) is 44.8. The van der Waals surface area contributed by atoms with Gasteiger partial charge in [0.25, 0.3) is 0 Å². The molecular formula is C55H98N4O7. The van der Waals surface area contributed by atoms with Crippen molar-refractivity contribution in [2.75, 3.05) is 26.2 Å². The molecule has 8 atom stereocenters. The van der Waals surface area contributed by atoms with E-state index in [4.69, 9.17) is 14.2 Å². The Bertz CT molecular complexity index is 1640. The third kappa shape index (κ3) is 16.7. The van der Waals surface area contributed by atoms with Crippen LogP contribution in [0.1, 0.15) is 213 Å². The molecule has 0 aliphatic heterocycles. The van der Waals surface area contributed by atoms with Gasteiger partial charge in [0.1, 0.15) is 17.3 Å². The van der Waals surface area contributed by atoms with Crippen LogP contribution in [0.15, 0.2) is 11.6 Å². The molecule has 0 spiro atoms. The number of nitrogens with one attached hydrogen (secondary N) is 3. The van der Waals surface area contributed by atoms with Gasteiger partial charge in [-0.2, -0.15) is 0 Å². The van der Waals surface area contributed by atoms with Crippen LogP contribution < -0.4 is 16.0 Å². The molecule has 3 fully saturated rings. The minimum Gasteiger partial charge on any atom is -0.462 e. The summed E-state index contributed by atoms with van der Waals surface area (Å²) in [6, 6.07) is 0. The van der Waals surface area contributed by atoms with E-state index in [9.17, 15) is 19.2 Å². The first-order chi connectivity index (χ1) is 30.5.